The minimum atomic E-state index is 0.207. The lowest BCUT2D eigenvalue weighted by atomic mass is 9.89. The third-order valence-electron chi connectivity index (χ3n) is 4.30. The Kier molecular flexibility index (Phi) is 5.91. The molecule has 2 nitrogen and oxygen atoms in total. The molecule has 1 unspecified atom stereocenters. The van der Waals surface area contributed by atoms with Crippen molar-refractivity contribution in [1.29, 1.82) is 0 Å². The van der Waals surface area contributed by atoms with Crippen molar-refractivity contribution >= 4 is 15.9 Å². The topological polar surface area (TPSA) is 35.2 Å². The van der Waals surface area contributed by atoms with Crippen LogP contribution in [0.3, 0.4) is 0 Å². The fourth-order valence-corrected chi connectivity index (χ4v) is 3.29. The Bertz CT molecular complexity index is 427. The fourth-order valence-electron chi connectivity index (χ4n) is 2.79. The van der Waals surface area contributed by atoms with Crippen molar-refractivity contribution in [3.05, 3.63) is 28.2 Å². The third kappa shape index (κ3) is 4.23. The van der Waals surface area contributed by atoms with E-state index in [1.54, 1.807) is 0 Å². The van der Waals surface area contributed by atoms with Crippen molar-refractivity contribution in [2.45, 2.75) is 64.5 Å². The SMILES string of the molecule is CCC(N)Cc1cccc(Br)c1OC1CCC(C)CC1. The van der Waals surface area contributed by atoms with Crippen molar-refractivity contribution in [2.75, 3.05) is 0 Å². The molecule has 112 valence electrons. The van der Waals surface area contributed by atoms with Crippen molar-refractivity contribution in [3.63, 3.8) is 0 Å². The van der Waals surface area contributed by atoms with E-state index in [0.29, 0.717) is 6.10 Å². The molecule has 0 aromatic heterocycles. The summed E-state index contributed by atoms with van der Waals surface area (Å²) in [4.78, 5) is 0. The summed E-state index contributed by atoms with van der Waals surface area (Å²) in [5, 5.41) is 0. The lowest BCUT2D eigenvalue weighted by molar-refractivity contribution is 0.133. The van der Waals surface area contributed by atoms with Gasteiger partial charge in [-0.15, -0.1) is 0 Å². The zero-order valence-corrected chi connectivity index (χ0v) is 14.2. The van der Waals surface area contributed by atoms with Crippen LogP contribution in [0.2, 0.25) is 0 Å². The summed E-state index contributed by atoms with van der Waals surface area (Å²) >= 11 is 3.63. The standard InChI is InChI=1S/C17H26BrNO/c1-3-14(19)11-13-5-4-6-16(18)17(13)20-15-9-7-12(2)8-10-15/h4-6,12,14-15H,3,7-11,19H2,1-2H3. The van der Waals surface area contributed by atoms with Gasteiger partial charge in [0, 0.05) is 6.04 Å². The van der Waals surface area contributed by atoms with Crippen molar-refractivity contribution in [2.24, 2.45) is 11.7 Å². The largest absolute Gasteiger partial charge is 0.489 e. The maximum atomic E-state index is 6.31. The van der Waals surface area contributed by atoms with Crippen LogP contribution in [-0.2, 0) is 6.42 Å². The molecule has 20 heavy (non-hydrogen) atoms. The first-order valence-corrected chi connectivity index (χ1v) is 8.59. The molecule has 2 rings (SSSR count). The van der Waals surface area contributed by atoms with E-state index in [0.717, 1.165) is 29.0 Å². The Hall–Kier alpha value is -0.540. The molecule has 2 N–H and O–H groups in total. The van der Waals surface area contributed by atoms with Gasteiger partial charge in [-0.1, -0.05) is 26.0 Å². The zero-order valence-electron chi connectivity index (χ0n) is 12.6. The predicted octanol–water partition coefficient (Wildman–Crippen LogP) is 4.69. The van der Waals surface area contributed by atoms with Crippen LogP contribution in [0, 0.1) is 5.92 Å². The van der Waals surface area contributed by atoms with E-state index in [4.69, 9.17) is 10.5 Å². The monoisotopic (exact) mass is 339 g/mol. The number of nitrogens with two attached hydrogens (primary N) is 1. The molecule has 0 spiro atoms. The summed E-state index contributed by atoms with van der Waals surface area (Å²) in [6.45, 7) is 4.46. The van der Waals surface area contributed by atoms with E-state index < -0.39 is 0 Å². The van der Waals surface area contributed by atoms with Gasteiger partial charge < -0.3 is 10.5 Å². The molecular weight excluding hydrogens is 314 g/mol. The predicted molar refractivity (Wildman–Crippen MR) is 88.2 cm³/mol. The summed E-state index contributed by atoms with van der Waals surface area (Å²) in [6.07, 6.45) is 7.13. The summed E-state index contributed by atoms with van der Waals surface area (Å²) in [7, 11) is 0. The molecule has 0 bridgehead atoms. The summed E-state index contributed by atoms with van der Waals surface area (Å²) in [5.41, 5.74) is 7.33. The van der Waals surface area contributed by atoms with Crippen molar-refractivity contribution in [3.8, 4) is 5.75 Å². The maximum absolute atomic E-state index is 6.31. The first-order valence-electron chi connectivity index (χ1n) is 7.79. The van der Waals surface area contributed by atoms with Crippen LogP contribution in [0.15, 0.2) is 22.7 Å². The zero-order chi connectivity index (χ0) is 14.5. The molecule has 0 radical (unpaired) electrons. The minimum absolute atomic E-state index is 0.207. The molecule has 0 heterocycles. The highest BCUT2D eigenvalue weighted by Gasteiger charge is 2.21. The third-order valence-corrected chi connectivity index (χ3v) is 4.93. The van der Waals surface area contributed by atoms with Gasteiger partial charge in [-0.3, -0.25) is 0 Å². The molecule has 1 aliphatic carbocycles. The molecular formula is C17H26BrNO. The van der Waals surface area contributed by atoms with Gasteiger partial charge >= 0.3 is 0 Å². The highest BCUT2D eigenvalue weighted by Crippen LogP contribution is 2.34. The van der Waals surface area contributed by atoms with E-state index >= 15 is 0 Å². The minimum Gasteiger partial charge on any atom is -0.489 e. The summed E-state index contributed by atoms with van der Waals surface area (Å²) < 4.78 is 7.36. The molecule has 1 atom stereocenters. The van der Waals surface area contributed by atoms with Gasteiger partial charge in [0.1, 0.15) is 5.75 Å². The molecule has 3 heteroatoms. The van der Waals surface area contributed by atoms with Crippen LogP contribution in [-0.4, -0.2) is 12.1 Å². The van der Waals surface area contributed by atoms with E-state index in [1.807, 2.05) is 0 Å². The fraction of sp³-hybridized carbons (Fsp3) is 0.647. The molecule has 0 aliphatic heterocycles. The Morgan fingerprint density at radius 1 is 1.30 bits per heavy atom. The highest BCUT2D eigenvalue weighted by molar-refractivity contribution is 9.10. The van der Waals surface area contributed by atoms with Crippen LogP contribution >= 0.6 is 15.9 Å². The van der Waals surface area contributed by atoms with Crippen molar-refractivity contribution < 1.29 is 4.74 Å². The molecule has 1 aromatic carbocycles. The number of hydrogen-bond acceptors (Lipinski definition) is 2. The smallest absolute Gasteiger partial charge is 0.137 e. The number of ether oxygens (including phenoxy) is 1. The van der Waals surface area contributed by atoms with Crippen molar-refractivity contribution in [1.82, 2.24) is 0 Å². The van der Waals surface area contributed by atoms with Gasteiger partial charge in [-0.05, 0) is 72.0 Å². The Labute approximate surface area is 131 Å². The number of para-hydroxylation sites is 1. The van der Waals surface area contributed by atoms with Crippen LogP contribution in [0.4, 0.5) is 0 Å². The Morgan fingerprint density at radius 2 is 2.00 bits per heavy atom. The van der Waals surface area contributed by atoms with Crippen LogP contribution in [0.5, 0.6) is 5.75 Å². The number of hydrogen-bond donors (Lipinski definition) is 1. The average Bonchev–Trinajstić information content (AvgIpc) is 2.44. The number of benzene rings is 1. The van der Waals surface area contributed by atoms with Gasteiger partial charge in [-0.25, -0.2) is 0 Å². The maximum Gasteiger partial charge on any atom is 0.137 e. The molecule has 1 fully saturated rings. The molecule has 1 aromatic rings. The summed E-state index contributed by atoms with van der Waals surface area (Å²) in [5.74, 6) is 1.86. The van der Waals surface area contributed by atoms with Gasteiger partial charge in [-0.2, -0.15) is 0 Å². The average molecular weight is 340 g/mol. The summed E-state index contributed by atoms with van der Waals surface area (Å²) in [6, 6.07) is 6.47. The highest BCUT2D eigenvalue weighted by atomic mass is 79.9. The molecule has 1 aliphatic rings. The van der Waals surface area contributed by atoms with Crippen LogP contribution in [0.25, 0.3) is 0 Å². The normalized spacial score (nSPS) is 24.4. The Balaban J connectivity index is 2.09. The van der Waals surface area contributed by atoms with E-state index in [-0.39, 0.29) is 6.04 Å². The first kappa shape index (κ1) is 15.8. The molecule has 1 saturated carbocycles. The number of rotatable bonds is 5. The second-order valence-corrected chi connectivity index (χ2v) is 6.95. The van der Waals surface area contributed by atoms with Gasteiger partial charge in [0.25, 0.3) is 0 Å². The second-order valence-electron chi connectivity index (χ2n) is 6.10. The Morgan fingerprint density at radius 3 is 2.65 bits per heavy atom. The van der Waals surface area contributed by atoms with E-state index in [9.17, 15) is 0 Å². The lowest BCUT2D eigenvalue weighted by Gasteiger charge is -2.28. The lowest BCUT2D eigenvalue weighted by Crippen LogP contribution is -2.25. The van der Waals surface area contributed by atoms with Crippen LogP contribution in [0.1, 0.15) is 51.5 Å². The number of halogens is 1. The van der Waals surface area contributed by atoms with E-state index in [2.05, 4.69) is 48.0 Å². The second kappa shape index (κ2) is 7.46. The quantitative estimate of drug-likeness (QED) is 0.844. The van der Waals surface area contributed by atoms with Crippen LogP contribution < -0.4 is 10.5 Å². The van der Waals surface area contributed by atoms with E-state index in [1.165, 1.54) is 31.2 Å². The van der Waals surface area contributed by atoms with Gasteiger partial charge in [0.05, 0.1) is 10.6 Å². The van der Waals surface area contributed by atoms with Gasteiger partial charge in [0.2, 0.25) is 0 Å². The first-order chi connectivity index (χ1) is 9.60. The van der Waals surface area contributed by atoms with Gasteiger partial charge in [0.15, 0.2) is 0 Å². The molecule has 0 saturated heterocycles. The molecule has 0 amide bonds.